The van der Waals surface area contributed by atoms with Gasteiger partial charge < -0.3 is 9.84 Å². The number of ketones is 2. The molecule has 0 aliphatic carbocycles. The molecule has 1 aliphatic rings. The number of aliphatic hydroxyl groups is 1. The van der Waals surface area contributed by atoms with Gasteiger partial charge in [-0.15, -0.1) is 0 Å². The van der Waals surface area contributed by atoms with Crippen LogP contribution in [0.2, 0.25) is 0 Å². The summed E-state index contributed by atoms with van der Waals surface area (Å²) >= 11 is 0. The standard InChI is InChI=1S/C22H38O4.CH4/c1-8-11-14(4)21-22(7,26-21)16(6)18(10-3)20(25)19(13-23)15(5)12-17(24)9-2;/h8,11,14-16,18-19,21,23H,9-10,12-13H2,1-7H3;1H4/b11-8-;/t14-,15-,16-,18+,19-,21+,22+;/m0./s1. The monoisotopic (exact) mass is 382 g/mol. The fourth-order valence-electron chi connectivity index (χ4n) is 4.31. The van der Waals surface area contributed by atoms with Crippen LogP contribution in [0.3, 0.4) is 0 Å². The average Bonchev–Trinajstić information content (AvgIpc) is 3.29. The summed E-state index contributed by atoms with van der Waals surface area (Å²) in [4.78, 5) is 25.0. The van der Waals surface area contributed by atoms with Crippen LogP contribution < -0.4 is 0 Å². The van der Waals surface area contributed by atoms with Gasteiger partial charge in [0.2, 0.25) is 0 Å². The molecule has 7 atom stereocenters. The number of hydrogen-bond donors (Lipinski definition) is 1. The first-order valence-corrected chi connectivity index (χ1v) is 10.1. The fraction of sp³-hybridized carbons (Fsp3) is 0.826. The molecule has 0 saturated carbocycles. The molecule has 1 aliphatic heterocycles. The third kappa shape index (κ3) is 5.99. The van der Waals surface area contributed by atoms with Crippen molar-refractivity contribution in [3.05, 3.63) is 12.2 Å². The van der Waals surface area contributed by atoms with E-state index in [1.54, 1.807) is 0 Å². The minimum absolute atomic E-state index is 0. The van der Waals surface area contributed by atoms with Crippen LogP contribution in [0.5, 0.6) is 0 Å². The molecule has 0 bridgehead atoms. The van der Waals surface area contributed by atoms with Gasteiger partial charge in [-0.25, -0.2) is 0 Å². The van der Waals surface area contributed by atoms with Gasteiger partial charge in [0, 0.05) is 30.6 Å². The third-order valence-electron chi connectivity index (χ3n) is 6.37. The van der Waals surface area contributed by atoms with Gasteiger partial charge in [0.1, 0.15) is 11.6 Å². The van der Waals surface area contributed by atoms with E-state index in [1.165, 1.54) is 0 Å². The fourth-order valence-corrected chi connectivity index (χ4v) is 4.31. The van der Waals surface area contributed by atoms with Crippen molar-refractivity contribution in [2.75, 3.05) is 6.61 Å². The largest absolute Gasteiger partial charge is 0.396 e. The second-order valence-corrected chi connectivity index (χ2v) is 8.18. The SMILES string of the molecule is C.C/C=C\[C@H](C)[C@H]1O[C@]1(C)[C@@H](C)[C@@H](CC)C(=O)[C@@H](CO)[C@@H](C)CC(=O)CC. The molecule has 1 N–H and O–H groups in total. The summed E-state index contributed by atoms with van der Waals surface area (Å²) in [5.41, 5.74) is -0.308. The van der Waals surface area contributed by atoms with Gasteiger partial charge in [-0.2, -0.15) is 0 Å². The van der Waals surface area contributed by atoms with Crippen LogP contribution >= 0.6 is 0 Å². The summed E-state index contributed by atoms with van der Waals surface area (Å²) in [5.74, 6) is -0.177. The summed E-state index contributed by atoms with van der Waals surface area (Å²) in [7, 11) is 0. The molecule has 1 rings (SSSR count). The molecule has 0 amide bonds. The van der Waals surface area contributed by atoms with Crippen molar-refractivity contribution in [1.82, 2.24) is 0 Å². The van der Waals surface area contributed by atoms with Gasteiger partial charge in [0.05, 0.1) is 18.3 Å². The Kier molecular flexibility index (Phi) is 10.7. The zero-order valence-electron chi connectivity index (χ0n) is 17.6. The molecule has 0 aromatic rings. The van der Waals surface area contributed by atoms with Crippen LogP contribution in [0.4, 0.5) is 0 Å². The van der Waals surface area contributed by atoms with E-state index in [9.17, 15) is 14.7 Å². The topological polar surface area (TPSA) is 66.9 Å². The normalized spacial score (nSPS) is 27.3. The third-order valence-corrected chi connectivity index (χ3v) is 6.37. The van der Waals surface area contributed by atoms with Crippen molar-refractivity contribution in [2.24, 2.45) is 29.6 Å². The van der Waals surface area contributed by atoms with Crippen molar-refractivity contribution in [2.45, 2.75) is 86.9 Å². The molecular weight excluding hydrogens is 340 g/mol. The lowest BCUT2D eigenvalue weighted by molar-refractivity contribution is -0.133. The highest BCUT2D eigenvalue weighted by molar-refractivity contribution is 5.85. The predicted molar refractivity (Wildman–Crippen MR) is 112 cm³/mol. The minimum atomic E-state index is -0.480. The maximum Gasteiger partial charge on any atom is 0.141 e. The second-order valence-electron chi connectivity index (χ2n) is 8.18. The number of epoxide rings is 1. The molecule has 0 spiro atoms. The van der Waals surface area contributed by atoms with E-state index in [0.29, 0.717) is 25.2 Å². The van der Waals surface area contributed by atoms with Crippen LogP contribution in [0.15, 0.2) is 12.2 Å². The second kappa shape index (κ2) is 11.1. The smallest absolute Gasteiger partial charge is 0.141 e. The average molecular weight is 383 g/mol. The van der Waals surface area contributed by atoms with Gasteiger partial charge in [-0.1, -0.05) is 54.2 Å². The minimum Gasteiger partial charge on any atom is -0.396 e. The Hall–Kier alpha value is -1.00. The molecule has 4 nitrogen and oxygen atoms in total. The number of hydrogen-bond acceptors (Lipinski definition) is 4. The first-order valence-electron chi connectivity index (χ1n) is 10.1. The lowest BCUT2D eigenvalue weighted by Crippen LogP contribution is -2.39. The molecular formula is C23H42O4. The first-order chi connectivity index (χ1) is 12.2. The highest BCUT2D eigenvalue weighted by atomic mass is 16.6. The summed E-state index contributed by atoms with van der Waals surface area (Å²) in [6.45, 7) is 13.9. The van der Waals surface area contributed by atoms with Gasteiger partial charge in [0.25, 0.3) is 0 Å². The van der Waals surface area contributed by atoms with E-state index < -0.39 is 5.92 Å². The number of carbonyl (C=O) groups excluding carboxylic acids is 2. The van der Waals surface area contributed by atoms with Crippen LogP contribution in [0.25, 0.3) is 0 Å². The number of allylic oxidation sites excluding steroid dienone is 1. The van der Waals surface area contributed by atoms with E-state index in [-0.39, 0.29) is 55.1 Å². The summed E-state index contributed by atoms with van der Waals surface area (Å²) in [6.07, 6.45) is 5.85. The van der Waals surface area contributed by atoms with Crippen molar-refractivity contribution in [3.63, 3.8) is 0 Å². The molecule has 0 aromatic heterocycles. The van der Waals surface area contributed by atoms with E-state index in [2.05, 4.69) is 26.8 Å². The van der Waals surface area contributed by atoms with Gasteiger partial charge in [-0.05, 0) is 32.1 Å². The summed E-state index contributed by atoms with van der Waals surface area (Å²) < 4.78 is 6.05. The zero-order valence-corrected chi connectivity index (χ0v) is 17.6. The molecule has 27 heavy (non-hydrogen) atoms. The van der Waals surface area contributed by atoms with E-state index in [0.717, 1.165) is 0 Å². The predicted octanol–water partition coefficient (Wildman–Crippen LogP) is 4.84. The molecule has 0 unspecified atom stereocenters. The molecule has 0 aromatic carbocycles. The number of rotatable bonds is 12. The number of ether oxygens (including phenoxy) is 1. The maximum atomic E-state index is 13.2. The Balaban J connectivity index is 0.00000676. The van der Waals surface area contributed by atoms with Gasteiger partial charge >= 0.3 is 0 Å². The van der Waals surface area contributed by atoms with Crippen LogP contribution in [0.1, 0.15) is 75.2 Å². The van der Waals surface area contributed by atoms with Crippen molar-refractivity contribution in [3.8, 4) is 0 Å². The maximum absolute atomic E-state index is 13.2. The van der Waals surface area contributed by atoms with E-state index in [4.69, 9.17) is 4.74 Å². The summed E-state index contributed by atoms with van der Waals surface area (Å²) in [6, 6.07) is 0. The number of Topliss-reactive ketones (excluding diaryl/α,β-unsaturated/α-hetero) is 2. The molecule has 1 fully saturated rings. The molecule has 158 valence electrons. The van der Waals surface area contributed by atoms with E-state index in [1.807, 2.05) is 33.8 Å². The lowest BCUT2D eigenvalue weighted by atomic mass is 9.71. The van der Waals surface area contributed by atoms with Crippen LogP contribution in [-0.4, -0.2) is 35.0 Å². The molecule has 0 radical (unpaired) electrons. The molecule has 1 heterocycles. The number of aliphatic hydroxyl groups excluding tert-OH is 1. The first kappa shape index (κ1) is 26.0. The lowest BCUT2D eigenvalue weighted by Gasteiger charge is -2.31. The van der Waals surface area contributed by atoms with Crippen LogP contribution in [0, 0.1) is 29.6 Å². The van der Waals surface area contributed by atoms with Crippen molar-refractivity contribution in [1.29, 1.82) is 0 Å². The Morgan fingerprint density at radius 1 is 1.19 bits per heavy atom. The zero-order chi connectivity index (χ0) is 20.1. The van der Waals surface area contributed by atoms with Gasteiger partial charge in [-0.3, -0.25) is 9.59 Å². The Bertz CT molecular complexity index is 513. The van der Waals surface area contributed by atoms with E-state index >= 15 is 0 Å². The Morgan fingerprint density at radius 2 is 1.78 bits per heavy atom. The Morgan fingerprint density at radius 3 is 2.22 bits per heavy atom. The highest BCUT2D eigenvalue weighted by Gasteiger charge is 2.59. The van der Waals surface area contributed by atoms with Gasteiger partial charge in [0.15, 0.2) is 0 Å². The Labute approximate surface area is 166 Å². The summed E-state index contributed by atoms with van der Waals surface area (Å²) in [5, 5.41) is 9.83. The number of carbonyl (C=O) groups is 2. The molecule has 4 heteroatoms. The molecule has 1 saturated heterocycles. The highest BCUT2D eigenvalue weighted by Crippen LogP contribution is 2.50. The quantitative estimate of drug-likeness (QED) is 0.387. The van der Waals surface area contributed by atoms with Crippen molar-refractivity contribution >= 4 is 11.6 Å². The van der Waals surface area contributed by atoms with Crippen molar-refractivity contribution < 1.29 is 19.4 Å². The van der Waals surface area contributed by atoms with Crippen LogP contribution in [-0.2, 0) is 14.3 Å².